The summed E-state index contributed by atoms with van der Waals surface area (Å²) < 4.78 is 0. The third-order valence-corrected chi connectivity index (χ3v) is 6.80. The molecule has 1 aromatic heterocycles. The fourth-order valence-corrected chi connectivity index (χ4v) is 5.64. The van der Waals surface area contributed by atoms with Crippen LogP contribution < -0.4 is 10.2 Å². The topological polar surface area (TPSA) is 79.4 Å². The number of anilines is 2. The maximum Gasteiger partial charge on any atom is 0.238 e. The smallest absolute Gasteiger partial charge is 0.238 e. The second kappa shape index (κ2) is 6.17. The number of aromatic nitrogens is 1. The molecule has 3 aliphatic rings. The van der Waals surface area contributed by atoms with Gasteiger partial charge >= 0.3 is 0 Å². The minimum Gasteiger partial charge on any atom is -0.324 e. The number of carbonyl (C=O) groups is 3. The zero-order chi connectivity index (χ0) is 19.6. The highest BCUT2D eigenvalue weighted by atomic mass is 32.2. The van der Waals surface area contributed by atoms with Crippen LogP contribution in [-0.4, -0.2) is 29.0 Å². The number of carbonyl (C=O) groups excluding carboxylic acids is 3. The van der Waals surface area contributed by atoms with Crippen LogP contribution in [0.15, 0.2) is 41.4 Å². The second-order valence-corrected chi connectivity index (χ2v) is 8.42. The first-order chi connectivity index (χ1) is 13.5. The van der Waals surface area contributed by atoms with E-state index in [1.165, 1.54) is 23.6 Å². The summed E-state index contributed by atoms with van der Waals surface area (Å²) >= 11 is 1.45. The Labute approximate surface area is 166 Å². The highest BCUT2D eigenvalue weighted by Crippen LogP contribution is 2.54. The predicted molar refractivity (Wildman–Crippen MR) is 108 cm³/mol. The molecule has 1 saturated carbocycles. The van der Waals surface area contributed by atoms with Gasteiger partial charge in [-0.05, 0) is 42.7 Å². The normalized spacial score (nSPS) is 27.7. The molecule has 3 amide bonds. The number of nitrogens with one attached hydrogen (secondary N) is 1. The first kappa shape index (κ1) is 17.4. The SMILES string of the molecule is CSc1cc(NC(C)=O)c2ncccc2c1N1C(=O)C2C3C=CC(C3)C2C1=O. The number of benzene rings is 1. The largest absolute Gasteiger partial charge is 0.324 e. The molecule has 142 valence electrons. The first-order valence-electron chi connectivity index (χ1n) is 9.30. The Morgan fingerprint density at radius 3 is 2.50 bits per heavy atom. The molecule has 1 aromatic carbocycles. The van der Waals surface area contributed by atoms with Gasteiger partial charge in [0.05, 0.1) is 28.7 Å². The van der Waals surface area contributed by atoms with Gasteiger partial charge in [0.15, 0.2) is 0 Å². The van der Waals surface area contributed by atoms with Crippen LogP contribution in [0, 0.1) is 23.7 Å². The van der Waals surface area contributed by atoms with Crippen molar-refractivity contribution in [1.82, 2.24) is 4.98 Å². The number of nitrogens with zero attached hydrogens (tertiary/aromatic N) is 2. The Kier molecular flexibility index (Phi) is 3.84. The lowest BCUT2D eigenvalue weighted by molar-refractivity contribution is -0.123. The highest BCUT2D eigenvalue weighted by Gasteiger charge is 2.60. The van der Waals surface area contributed by atoms with Gasteiger partial charge in [0.25, 0.3) is 0 Å². The van der Waals surface area contributed by atoms with Gasteiger partial charge in [0.1, 0.15) is 0 Å². The number of allylic oxidation sites excluding steroid dienone is 2. The molecule has 6 nitrogen and oxygen atoms in total. The third kappa shape index (κ3) is 2.29. The quantitative estimate of drug-likeness (QED) is 0.492. The number of hydrogen-bond acceptors (Lipinski definition) is 5. The van der Waals surface area contributed by atoms with Crippen LogP contribution in [0.25, 0.3) is 10.9 Å². The van der Waals surface area contributed by atoms with Crippen molar-refractivity contribution in [3.63, 3.8) is 0 Å². The van der Waals surface area contributed by atoms with Gasteiger partial charge in [-0.25, -0.2) is 4.90 Å². The van der Waals surface area contributed by atoms with Crippen molar-refractivity contribution in [2.45, 2.75) is 18.2 Å². The molecule has 2 fully saturated rings. The fourth-order valence-electron chi connectivity index (χ4n) is 5.01. The minimum atomic E-state index is -0.251. The summed E-state index contributed by atoms with van der Waals surface area (Å²) in [6.07, 6.45) is 8.63. The maximum atomic E-state index is 13.3. The Morgan fingerprint density at radius 2 is 1.89 bits per heavy atom. The molecule has 2 aromatic rings. The molecule has 0 spiro atoms. The van der Waals surface area contributed by atoms with E-state index in [4.69, 9.17) is 0 Å². The fraction of sp³-hybridized carbons (Fsp3) is 0.333. The molecule has 5 rings (SSSR count). The number of imide groups is 1. The molecule has 0 radical (unpaired) electrons. The number of thioether (sulfide) groups is 1. The zero-order valence-corrected chi connectivity index (χ0v) is 16.3. The molecule has 4 unspecified atom stereocenters. The molecule has 28 heavy (non-hydrogen) atoms. The van der Waals surface area contributed by atoms with E-state index in [0.717, 1.165) is 11.3 Å². The van der Waals surface area contributed by atoms with E-state index in [2.05, 4.69) is 22.5 Å². The van der Waals surface area contributed by atoms with Crippen LogP contribution in [0.5, 0.6) is 0 Å². The molecule has 2 heterocycles. The second-order valence-electron chi connectivity index (χ2n) is 7.57. The van der Waals surface area contributed by atoms with Crippen molar-refractivity contribution in [2.75, 3.05) is 16.5 Å². The average molecular weight is 393 g/mol. The van der Waals surface area contributed by atoms with Crippen LogP contribution in [0.2, 0.25) is 0 Å². The molecular weight excluding hydrogens is 374 g/mol. The Morgan fingerprint density at radius 1 is 1.21 bits per heavy atom. The standard InChI is InChI=1S/C21H19N3O3S/c1-10(25)23-14-9-15(28-2)19(13-4-3-7-22-18(13)14)24-20(26)16-11-5-6-12(8-11)17(16)21(24)27/h3-7,9,11-12,16-17H,8H2,1-2H3,(H,23,25). The van der Waals surface area contributed by atoms with Crippen LogP contribution in [0.4, 0.5) is 11.4 Å². The number of fused-ring (bicyclic) bond motifs is 6. The van der Waals surface area contributed by atoms with E-state index in [9.17, 15) is 14.4 Å². The maximum absolute atomic E-state index is 13.3. The Hall–Kier alpha value is -2.67. The first-order valence-corrected chi connectivity index (χ1v) is 10.5. The van der Waals surface area contributed by atoms with Gasteiger partial charge in [-0.1, -0.05) is 12.2 Å². The van der Waals surface area contributed by atoms with Crippen molar-refractivity contribution in [3.05, 3.63) is 36.5 Å². The van der Waals surface area contributed by atoms with E-state index in [1.807, 2.05) is 12.3 Å². The zero-order valence-electron chi connectivity index (χ0n) is 15.5. The van der Waals surface area contributed by atoms with Crippen molar-refractivity contribution >= 4 is 51.8 Å². The summed E-state index contributed by atoms with van der Waals surface area (Å²) in [4.78, 5) is 44.9. The lowest BCUT2D eigenvalue weighted by atomic mass is 9.85. The highest BCUT2D eigenvalue weighted by molar-refractivity contribution is 7.98. The van der Waals surface area contributed by atoms with E-state index in [-0.39, 0.29) is 41.4 Å². The summed E-state index contributed by atoms with van der Waals surface area (Å²) in [5, 5.41) is 3.51. The lowest BCUT2D eigenvalue weighted by Gasteiger charge is -2.23. The van der Waals surface area contributed by atoms with E-state index >= 15 is 0 Å². The average Bonchev–Trinajstić information content (AvgIpc) is 3.36. The van der Waals surface area contributed by atoms with Crippen molar-refractivity contribution in [2.24, 2.45) is 23.7 Å². The van der Waals surface area contributed by atoms with Crippen LogP contribution >= 0.6 is 11.8 Å². The van der Waals surface area contributed by atoms with Gasteiger partial charge in [0, 0.05) is 23.4 Å². The Bertz CT molecular complexity index is 1050. The number of amides is 3. The number of pyridine rings is 1. The molecule has 1 N–H and O–H groups in total. The number of rotatable bonds is 3. The Balaban J connectivity index is 1.70. The van der Waals surface area contributed by atoms with E-state index in [0.29, 0.717) is 22.3 Å². The summed E-state index contributed by atoms with van der Waals surface area (Å²) in [7, 11) is 0. The summed E-state index contributed by atoms with van der Waals surface area (Å²) in [6.45, 7) is 1.44. The summed E-state index contributed by atoms with van der Waals surface area (Å²) in [5.74, 6) is -0.594. The van der Waals surface area contributed by atoms with E-state index < -0.39 is 0 Å². The van der Waals surface area contributed by atoms with Gasteiger partial charge in [0.2, 0.25) is 17.7 Å². The van der Waals surface area contributed by atoms with Gasteiger partial charge in [-0.2, -0.15) is 0 Å². The monoisotopic (exact) mass is 393 g/mol. The summed E-state index contributed by atoms with van der Waals surface area (Å²) in [6, 6.07) is 5.44. The van der Waals surface area contributed by atoms with Crippen molar-refractivity contribution < 1.29 is 14.4 Å². The van der Waals surface area contributed by atoms with E-state index in [1.54, 1.807) is 18.3 Å². The lowest BCUT2D eigenvalue weighted by Crippen LogP contribution is -2.33. The molecule has 2 bridgehead atoms. The van der Waals surface area contributed by atoms with Gasteiger partial charge < -0.3 is 5.32 Å². The molecular formula is C21H19N3O3S. The summed E-state index contributed by atoms with van der Waals surface area (Å²) in [5.41, 5.74) is 1.75. The number of hydrogen-bond donors (Lipinski definition) is 1. The van der Waals surface area contributed by atoms with Gasteiger partial charge in [-0.15, -0.1) is 11.8 Å². The predicted octanol–water partition coefficient (Wildman–Crippen LogP) is 3.23. The molecule has 1 saturated heterocycles. The molecule has 4 atom stereocenters. The molecule has 1 aliphatic heterocycles. The minimum absolute atomic E-state index is 0.111. The molecule has 2 aliphatic carbocycles. The third-order valence-electron chi connectivity index (χ3n) is 6.05. The molecule has 7 heteroatoms. The van der Waals surface area contributed by atoms with Crippen molar-refractivity contribution in [3.8, 4) is 0 Å². The van der Waals surface area contributed by atoms with Crippen LogP contribution in [-0.2, 0) is 14.4 Å². The van der Waals surface area contributed by atoms with Gasteiger partial charge in [-0.3, -0.25) is 19.4 Å². The van der Waals surface area contributed by atoms with Crippen molar-refractivity contribution in [1.29, 1.82) is 0 Å². The van der Waals surface area contributed by atoms with Crippen LogP contribution in [0.1, 0.15) is 13.3 Å². The van der Waals surface area contributed by atoms with Crippen LogP contribution in [0.3, 0.4) is 0 Å².